The van der Waals surface area contributed by atoms with Crippen molar-refractivity contribution in [2.75, 3.05) is 33.7 Å². The molecule has 1 aliphatic heterocycles. The van der Waals surface area contributed by atoms with Crippen molar-refractivity contribution in [3.8, 4) is 5.75 Å². The average molecular weight is 391 g/mol. The molecule has 0 spiro atoms. The molecular formula is C22H34N2O4. The highest BCUT2D eigenvalue weighted by Crippen LogP contribution is 2.21. The van der Waals surface area contributed by atoms with E-state index < -0.39 is 5.60 Å². The van der Waals surface area contributed by atoms with Crippen molar-refractivity contribution in [1.82, 2.24) is 9.80 Å². The Hall–Kier alpha value is -2.08. The number of ketones is 1. The molecule has 1 fully saturated rings. The first-order valence-corrected chi connectivity index (χ1v) is 10.1. The molecule has 1 aromatic rings. The van der Waals surface area contributed by atoms with Crippen LogP contribution in [0, 0.1) is 0 Å². The van der Waals surface area contributed by atoms with Gasteiger partial charge < -0.3 is 19.3 Å². The fourth-order valence-electron chi connectivity index (χ4n) is 3.09. The molecule has 28 heavy (non-hydrogen) atoms. The van der Waals surface area contributed by atoms with E-state index in [-0.39, 0.29) is 18.0 Å². The predicted molar refractivity (Wildman–Crippen MR) is 110 cm³/mol. The summed E-state index contributed by atoms with van der Waals surface area (Å²) in [5.74, 6) is 0.930. The van der Waals surface area contributed by atoms with Crippen molar-refractivity contribution in [2.24, 2.45) is 0 Å². The standard InChI is InChI=1S/C22H34N2O4/c1-22(2,3)28-21(26)24-15-12-19(13-16-24)27-18-10-8-17(9-11-18)20(25)7-6-14-23(4)5/h8-11,19H,6-7,12-16H2,1-5H3. The van der Waals surface area contributed by atoms with Gasteiger partial charge in [0.15, 0.2) is 5.78 Å². The number of hydrogen-bond acceptors (Lipinski definition) is 5. The Morgan fingerprint density at radius 2 is 1.71 bits per heavy atom. The summed E-state index contributed by atoms with van der Waals surface area (Å²) in [6, 6.07) is 7.39. The number of Topliss-reactive ketones (excluding diaryl/α,β-unsaturated/α-hetero) is 1. The number of nitrogens with zero attached hydrogens (tertiary/aromatic N) is 2. The topological polar surface area (TPSA) is 59.1 Å². The van der Waals surface area contributed by atoms with Gasteiger partial charge >= 0.3 is 6.09 Å². The maximum atomic E-state index is 12.2. The number of carbonyl (C=O) groups is 2. The largest absolute Gasteiger partial charge is 0.490 e. The molecule has 1 aromatic carbocycles. The lowest BCUT2D eigenvalue weighted by atomic mass is 10.1. The van der Waals surface area contributed by atoms with Crippen molar-refractivity contribution in [1.29, 1.82) is 0 Å². The molecule has 0 aromatic heterocycles. The Kier molecular flexibility index (Phi) is 7.87. The van der Waals surface area contributed by atoms with Crippen LogP contribution in [0.25, 0.3) is 0 Å². The first-order chi connectivity index (χ1) is 13.1. The number of benzene rings is 1. The Morgan fingerprint density at radius 1 is 1.11 bits per heavy atom. The van der Waals surface area contributed by atoms with Crippen molar-refractivity contribution in [2.45, 2.75) is 58.2 Å². The molecule has 156 valence electrons. The van der Waals surface area contributed by atoms with Crippen LogP contribution in [0.4, 0.5) is 4.79 Å². The summed E-state index contributed by atoms with van der Waals surface area (Å²) in [7, 11) is 4.02. The van der Waals surface area contributed by atoms with E-state index in [0.717, 1.165) is 37.1 Å². The van der Waals surface area contributed by atoms with Crippen molar-refractivity contribution < 1.29 is 19.1 Å². The van der Waals surface area contributed by atoms with Gasteiger partial charge in [-0.3, -0.25) is 4.79 Å². The molecule has 2 rings (SSSR count). The quantitative estimate of drug-likeness (QED) is 0.659. The molecule has 0 aliphatic carbocycles. The van der Waals surface area contributed by atoms with E-state index in [4.69, 9.17) is 9.47 Å². The number of likely N-dealkylation sites (tertiary alicyclic amines) is 1. The summed E-state index contributed by atoms with van der Waals surface area (Å²) in [5, 5.41) is 0. The minimum atomic E-state index is -0.476. The SMILES string of the molecule is CN(C)CCCC(=O)c1ccc(OC2CCN(C(=O)OC(C)(C)C)CC2)cc1. The highest BCUT2D eigenvalue weighted by atomic mass is 16.6. The van der Waals surface area contributed by atoms with Crippen molar-refractivity contribution >= 4 is 11.9 Å². The molecule has 0 saturated carbocycles. The van der Waals surface area contributed by atoms with E-state index in [1.54, 1.807) is 4.90 Å². The molecule has 1 aliphatic rings. The normalized spacial score (nSPS) is 15.6. The fourth-order valence-corrected chi connectivity index (χ4v) is 3.09. The van der Waals surface area contributed by atoms with Crippen LogP contribution in [-0.2, 0) is 4.74 Å². The minimum Gasteiger partial charge on any atom is -0.490 e. The lowest BCUT2D eigenvalue weighted by Crippen LogP contribution is -2.44. The second-order valence-corrected chi connectivity index (χ2v) is 8.64. The smallest absolute Gasteiger partial charge is 0.410 e. The van der Waals surface area contributed by atoms with Crippen LogP contribution in [0.2, 0.25) is 0 Å². The zero-order valence-electron chi connectivity index (χ0n) is 17.9. The van der Waals surface area contributed by atoms with Crippen LogP contribution in [0.15, 0.2) is 24.3 Å². The predicted octanol–water partition coefficient (Wildman–Crippen LogP) is 3.99. The molecule has 6 nitrogen and oxygen atoms in total. The third-order valence-corrected chi connectivity index (χ3v) is 4.58. The minimum absolute atomic E-state index is 0.0697. The van der Waals surface area contributed by atoms with Gasteiger partial charge in [-0.2, -0.15) is 0 Å². The van der Waals surface area contributed by atoms with Gasteiger partial charge in [0, 0.05) is 37.9 Å². The third kappa shape index (κ3) is 7.50. The highest BCUT2D eigenvalue weighted by Gasteiger charge is 2.27. The number of piperidine rings is 1. The summed E-state index contributed by atoms with van der Waals surface area (Å²) < 4.78 is 11.5. The molecule has 0 bridgehead atoms. The fraction of sp³-hybridized carbons (Fsp3) is 0.636. The molecule has 0 atom stereocenters. The van der Waals surface area contributed by atoms with E-state index in [0.29, 0.717) is 19.5 Å². The van der Waals surface area contributed by atoms with Gasteiger partial charge in [-0.1, -0.05) is 0 Å². The summed E-state index contributed by atoms with van der Waals surface area (Å²) in [6.45, 7) is 7.78. The molecule has 6 heteroatoms. The molecule has 0 N–H and O–H groups in total. The number of amides is 1. The Balaban J connectivity index is 1.77. The zero-order chi connectivity index (χ0) is 20.7. The Labute approximate surface area is 168 Å². The molecule has 1 saturated heterocycles. The van der Waals surface area contributed by atoms with Gasteiger partial charge in [0.1, 0.15) is 17.5 Å². The Bertz CT molecular complexity index is 641. The maximum absolute atomic E-state index is 12.2. The third-order valence-electron chi connectivity index (χ3n) is 4.58. The zero-order valence-corrected chi connectivity index (χ0v) is 17.9. The van der Waals surface area contributed by atoms with E-state index in [2.05, 4.69) is 4.90 Å². The van der Waals surface area contributed by atoms with Crippen LogP contribution in [-0.4, -0.2) is 67.1 Å². The van der Waals surface area contributed by atoms with Gasteiger partial charge in [0.25, 0.3) is 0 Å². The first kappa shape index (κ1) is 22.2. The highest BCUT2D eigenvalue weighted by molar-refractivity contribution is 5.96. The molecular weight excluding hydrogens is 356 g/mol. The van der Waals surface area contributed by atoms with E-state index in [1.807, 2.05) is 59.1 Å². The molecule has 1 heterocycles. The van der Waals surface area contributed by atoms with Gasteiger partial charge in [-0.15, -0.1) is 0 Å². The lowest BCUT2D eigenvalue weighted by molar-refractivity contribution is 0.0126. The van der Waals surface area contributed by atoms with Gasteiger partial charge in [0.2, 0.25) is 0 Å². The summed E-state index contributed by atoms with van der Waals surface area (Å²) in [4.78, 5) is 28.2. The van der Waals surface area contributed by atoms with E-state index in [1.165, 1.54) is 0 Å². The number of rotatable bonds is 7. The van der Waals surface area contributed by atoms with Gasteiger partial charge in [-0.05, 0) is 72.1 Å². The molecule has 0 radical (unpaired) electrons. The monoisotopic (exact) mass is 390 g/mol. The van der Waals surface area contributed by atoms with Crippen LogP contribution in [0.5, 0.6) is 5.75 Å². The summed E-state index contributed by atoms with van der Waals surface area (Å²) >= 11 is 0. The molecule has 0 unspecified atom stereocenters. The number of hydrogen-bond donors (Lipinski definition) is 0. The maximum Gasteiger partial charge on any atom is 0.410 e. The van der Waals surface area contributed by atoms with Crippen LogP contribution in [0.1, 0.15) is 56.8 Å². The summed E-state index contributed by atoms with van der Waals surface area (Å²) in [6.07, 6.45) is 2.76. The van der Waals surface area contributed by atoms with E-state index >= 15 is 0 Å². The van der Waals surface area contributed by atoms with Crippen molar-refractivity contribution in [3.63, 3.8) is 0 Å². The van der Waals surface area contributed by atoms with Gasteiger partial charge in [-0.25, -0.2) is 4.79 Å². The first-order valence-electron chi connectivity index (χ1n) is 10.1. The Morgan fingerprint density at radius 3 is 2.25 bits per heavy atom. The second-order valence-electron chi connectivity index (χ2n) is 8.64. The van der Waals surface area contributed by atoms with Gasteiger partial charge in [0.05, 0.1) is 0 Å². The second kappa shape index (κ2) is 9.92. The number of carbonyl (C=O) groups excluding carboxylic acids is 2. The lowest BCUT2D eigenvalue weighted by Gasteiger charge is -2.33. The van der Waals surface area contributed by atoms with Crippen molar-refractivity contribution in [3.05, 3.63) is 29.8 Å². The van der Waals surface area contributed by atoms with Crippen LogP contribution >= 0.6 is 0 Å². The molecule has 1 amide bonds. The van der Waals surface area contributed by atoms with Crippen LogP contribution in [0.3, 0.4) is 0 Å². The summed E-state index contributed by atoms with van der Waals surface area (Å²) in [5.41, 5.74) is 0.252. The van der Waals surface area contributed by atoms with Crippen LogP contribution < -0.4 is 4.74 Å². The number of ether oxygens (including phenoxy) is 2. The average Bonchev–Trinajstić information content (AvgIpc) is 2.61. The van der Waals surface area contributed by atoms with E-state index in [9.17, 15) is 9.59 Å².